The van der Waals surface area contributed by atoms with Crippen molar-refractivity contribution in [1.82, 2.24) is 9.29 Å². The summed E-state index contributed by atoms with van der Waals surface area (Å²) in [6.07, 6.45) is 4.60. The number of nitrogens with zero attached hydrogens (tertiary/aromatic N) is 1. The van der Waals surface area contributed by atoms with Crippen LogP contribution in [0.4, 0.5) is 0 Å². The van der Waals surface area contributed by atoms with Crippen LogP contribution >= 0.6 is 0 Å². The Morgan fingerprint density at radius 2 is 1.77 bits per heavy atom. The van der Waals surface area contributed by atoms with Crippen molar-refractivity contribution in [2.45, 2.75) is 17.9 Å². The van der Waals surface area contributed by atoms with E-state index >= 15 is 0 Å². The molecule has 0 aliphatic rings. The van der Waals surface area contributed by atoms with Gasteiger partial charge in [-0.25, -0.2) is 13.1 Å². The minimum atomic E-state index is -3.55. The number of hydrogen-bond donors (Lipinski definition) is 1. The van der Waals surface area contributed by atoms with Crippen molar-refractivity contribution in [2.24, 2.45) is 0 Å². The van der Waals surface area contributed by atoms with Gasteiger partial charge in [0.1, 0.15) is 0 Å². The fraction of sp³-hybridized carbons (Fsp3) is 0.333. The van der Waals surface area contributed by atoms with E-state index in [1.54, 1.807) is 6.07 Å². The highest BCUT2D eigenvalue weighted by Gasteiger charge is 2.16. The minimum Gasteiger partial charge on any atom is -0.493 e. The summed E-state index contributed by atoms with van der Waals surface area (Å²) >= 11 is 0. The van der Waals surface area contributed by atoms with Gasteiger partial charge in [0.15, 0.2) is 11.5 Å². The Labute approximate surface area is 130 Å². The Bertz CT molecular complexity index is 696. The number of sulfonamides is 1. The zero-order valence-corrected chi connectivity index (χ0v) is 13.5. The molecule has 120 valence electrons. The quantitative estimate of drug-likeness (QED) is 0.753. The van der Waals surface area contributed by atoms with Gasteiger partial charge in [0.05, 0.1) is 19.1 Å². The van der Waals surface area contributed by atoms with Gasteiger partial charge in [-0.3, -0.25) is 0 Å². The van der Waals surface area contributed by atoms with Crippen molar-refractivity contribution in [3.05, 3.63) is 42.7 Å². The topological polar surface area (TPSA) is 69.6 Å². The molecule has 2 rings (SSSR count). The van der Waals surface area contributed by atoms with Gasteiger partial charge in [0.25, 0.3) is 0 Å². The van der Waals surface area contributed by atoms with Crippen molar-refractivity contribution in [2.75, 3.05) is 20.8 Å². The number of hydrogen-bond acceptors (Lipinski definition) is 4. The van der Waals surface area contributed by atoms with Crippen LogP contribution in [0.3, 0.4) is 0 Å². The number of aromatic nitrogens is 1. The molecule has 2 aromatic rings. The third kappa shape index (κ3) is 4.02. The number of rotatable bonds is 8. The molecule has 1 heterocycles. The summed E-state index contributed by atoms with van der Waals surface area (Å²) in [6.45, 7) is 1.14. The lowest BCUT2D eigenvalue weighted by molar-refractivity contribution is 0.354. The van der Waals surface area contributed by atoms with Crippen molar-refractivity contribution < 1.29 is 17.9 Å². The summed E-state index contributed by atoms with van der Waals surface area (Å²) in [7, 11) is -0.577. The SMILES string of the molecule is COc1ccc(S(=O)(=O)NCCCn2cccc2)cc1OC. The van der Waals surface area contributed by atoms with Crippen LogP contribution in [0.2, 0.25) is 0 Å². The first-order chi connectivity index (χ1) is 10.6. The third-order valence-corrected chi connectivity index (χ3v) is 4.68. The molecule has 0 spiro atoms. The van der Waals surface area contributed by atoms with Crippen molar-refractivity contribution >= 4 is 10.0 Å². The lowest BCUT2D eigenvalue weighted by Crippen LogP contribution is -2.25. The molecule has 0 atom stereocenters. The normalized spacial score (nSPS) is 11.4. The van der Waals surface area contributed by atoms with Crippen LogP contribution in [-0.4, -0.2) is 33.7 Å². The molecular weight excluding hydrogens is 304 g/mol. The molecule has 0 bridgehead atoms. The second-order valence-electron chi connectivity index (χ2n) is 4.69. The summed E-state index contributed by atoms with van der Waals surface area (Å²) < 4.78 is 39.3. The molecular formula is C15H20N2O4S. The smallest absolute Gasteiger partial charge is 0.240 e. The molecule has 1 aromatic carbocycles. The summed E-state index contributed by atoms with van der Waals surface area (Å²) in [5.74, 6) is 0.881. The summed E-state index contributed by atoms with van der Waals surface area (Å²) in [4.78, 5) is 0.158. The number of aryl methyl sites for hydroxylation is 1. The Hall–Kier alpha value is -1.99. The maximum Gasteiger partial charge on any atom is 0.240 e. The van der Waals surface area contributed by atoms with Gasteiger partial charge in [-0.1, -0.05) is 0 Å². The van der Waals surface area contributed by atoms with E-state index < -0.39 is 10.0 Å². The first kappa shape index (κ1) is 16.4. The van der Waals surface area contributed by atoms with Crippen LogP contribution in [0.5, 0.6) is 11.5 Å². The molecule has 6 nitrogen and oxygen atoms in total. The average Bonchev–Trinajstić information content (AvgIpc) is 3.04. The second kappa shape index (κ2) is 7.33. The number of methoxy groups -OCH3 is 2. The average molecular weight is 324 g/mol. The van der Waals surface area contributed by atoms with Crippen molar-refractivity contribution in [3.8, 4) is 11.5 Å². The molecule has 0 fully saturated rings. The van der Waals surface area contributed by atoms with E-state index in [-0.39, 0.29) is 4.90 Å². The number of nitrogens with one attached hydrogen (secondary N) is 1. The van der Waals surface area contributed by atoms with Gasteiger partial charge in [0.2, 0.25) is 10.0 Å². The minimum absolute atomic E-state index is 0.158. The molecule has 22 heavy (non-hydrogen) atoms. The maximum atomic E-state index is 12.2. The molecule has 0 saturated carbocycles. The van der Waals surface area contributed by atoms with E-state index in [1.165, 1.54) is 26.4 Å². The molecule has 0 aliphatic heterocycles. The van der Waals surface area contributed by atoms with E-state index in [2.05, 4.69) is 4.72 Å². The fourth-order valence-electron chi connectivity index (χ4n) is 2.05. The lowest BCUT2D eigenvalue weighted by atomic mass is 10.3. The van der Waals surface area contributed by atoms with Crippen molar-refractivity contribution in [3.63, 3.8) is 0 Å². The van der Waals surface area contributed by atoms with Gasteiger partial charge in [0, 0.05) is 31.5 Å². The van der Waals surface area contributed by atoms with E-state index in [4.69, 9.17) is 9.47 Å². The van der Waals surface area contributed by atoms with Crippen LogP contribution in [0.1, 0.15) is 6.42 Å². The Morgan fingerprint density at radius 1 is 1.09 bits per heavy atom. The second-order valence-corrected chi connectivity index (χ2v) is 6.46. The van der Waals surface area contributed by atoms with Crippen molar-refractivity contribution in [1.29, 1.82) is 0 Å². The van der Waals surface area contributed by atoms with Gasteiger partial charge in [-0.15, -0.1) is 0 Å². The van der Waals surface area contributed by atoms with E-state index in [0.717, 1.165) is 6.54 Å². The van der Waals surface area contributed by atoms with Gasteiger partial charge < -0.3 is 14.0 Å². The zero-order chi connectivity index (χ0) is 16.0. The van der Waals surface area contributed by atoms with E-state index in [1.807, 2.05) is 29.1 Å². The predicted molar refractivity (Wildman–Crippen MR) is 83.8 cm³/mol. The highest BCUT2D eigenvalue weighted by molar-refractivity contribution is 7.89. The third-order valence-electron chi connectivity index (χ3n) is 3.22. The van der Waals surface area contributed by atoms with Crippen LogP contribution in [0.15, 0.2) is 47.6 Å². The molecule has 0 aliphatic carbocycles. The van der Waals surface area contributed by atoms with Crippen LogP contribution in [0.25, 0.3) is 0 Å². The molecule has 1 aromatic heterocycles. The largest absolute Gasteiger partial charge is 0.493 e. The highest BCUT2D eigenvalue weighted by Crippen LogP contribution is 2.29. The predicted octanol–water partition coefficient (Wildman–Crippen LogP) is 1.87. The van der Waals surface area contributed by atoms with Gasteiger partial charge in [-0.2, -0.15) is 0 Å². The maximum absolute atomic E-state index is 12.2. The molecule has 0 amide bonds. The van der Waals surface area contributed by atoms with Gasteiger partial charge in [-0.05, 0) is 30.7 Å². The fourth-order valence-corrected chi connectivity index (χ4v) is 3.14. The summed E-state index contributed by atoms with van der Waals surface area (Å²) in [5, 5.41) is 0. The monoisotopic (exact) mass is 324 g/mol. The van der Waals surface area contributed by atoms with Crippen LogP contribution < -0.4 is 14.2 Å². The molecule has 7 heteroatoms. The molecule has 1 N–H and O–H groups in total. The van der Waals surface area contributed by atoms with Gasteiger partial charge >= 0.3 is 0 Å². The Morgan fingerprint density at radius 3 is 2.41 bits per heavy atom. The Kier molecular flexibility index (Phi) is 5.46. The molecule has 0 saturated heterocycles. The zero-order valence-electron chi connectivity index (χ0n) is 12.7. The van der Waals surface area contributed by atoms with E-state index in [9.17, 15) is 8.42 Å². The highest BCUT2D eigenvalue weighted by atomic mass is 32.2. The summed E-state index contributed by atoms with van der Waals surface area (Å²) in [5.41, 5.74) is 0. The molecule has 0 radical (unpaired) electrons. The molecule has 0 unspecified atom stereocenters. The first-order valence-electron chi connectivity index (χ1n) is 6.89. The summed E-state index contributed by atoms with van der Waals surface area (Å²) in [6, 6.07) is 8.40. The number of ether oxygens (including phenoxy) is 2. The number of benzene rings is 1. The first-order valence-corrected chi connectivity index (χ1v) is 8.37. The van der Waals surface area contributed by atoms with Crippen LogP contribution in [0, 0.1) is 0 Å². The standard InChI is InChI=1S/C15H20N2O4S/c1-20-14-7-6-13(12-15(14)21-2)22(18,19)16-8-5-11-17-9-3-4-10-17/h3-4,6-7,9-10,12,16H,5,8,11H2,1-2H3. The van der Waals surface area contributed by atoms with E-state index in [0.29, 0.717) is 24.5 Å². The van der Waals surface area contributed by atoms with Crippen LogP contribution in [-0.2, 0) is 16.6 Å². The lowest BCUT2D eigenvalue weighted by Gasteiger charge is -2.11. The Balaban J connectivity index is 1.97.